The van der Waals surface area contributed by atoms with Crippen LogP contribution in [0.2, 0.25) is 0 Å². The molecule has 5 heteroatoms. The van der Waals surface area contributed by atoms with E-state index in [2.05, 4.69) is 0 Å². The van der Waals surface area contributed by atoms with Gasteiger partial charge >= 0.3 is 5.97 Å². The van der Waals surface area contributed by atoms with Gasteiger partial charge in [0.15, 0.2) is 0 Å². The van der Waals surface area contributed by atoms with Crippen LogP contribution in [-0.2, 0) is 14.3 Å². The number of Topliss-reactive ketones (excluding diaryl/α,β-unsaturated/α-hetero) is 1. The fourth-order valence-electron chi connectivity index (χ4n) is 1.27. The number of thioether (sulfide) groups is 1. The number of ether oxygens (including phenoxy) is 1. The van der Waals surface area contributed by atoms with E-state index in [-0.39, 0.29) is 36.2 Å². The van der Waals surface area contributed by atoms with Crippen LogP contribution in [-0.4, -0.2) is 24.1 Å². The molecule has 0 saturated carbocycles. The first-order chi connectivity index (χ1) is 8.61. The minimum absolute atomic E-state index is 0.0442. The van der Waals surface area contributed by atoms with Crippen LogP contribution in [0, 0.1) is 5.82 Å². The summed E-state index contributed by atoms with van der Waals surface area (Å²) in [4.78, 5) is 23.2. The number of hydrogen-bond acceptors (Lipinski definition) is 4. The molecule has 3 nitrogen and oxygen atoms in total. The smallest absolute Gasteiger partial charge is 0.306 e. The maximum Gasteiger partial charge on any atom is 0.306 e. The third kappa shape index (κ3) is 5.82. The van der Waals surface area contributed by atoms with Crippen LogP contribution in [0.25, 0.3) is 0 Å². The molecular weight excluding hydrogens is 255 g/mol. The first kappa shape index (κ1) is 14.7. The molecule has 0 N–H and O–H groups in total. The first-order valence-electron chi connectivity index (χ1n) is 5.67. The van der Waals surface area contributed by atoms with Gasteiger partial charge in [0, 0.05) is 11.3 Å². The van der Waals surface area contributed by atoms with E-state index in [4.69, 9.17) is 4.74 Å². The van der Waals surface area contributed by atoms with Crippen molar-refractivity contribution in [2.75, 3.05) is 12.4 Å². The molecule has 1 rings (SSSR count). The van der Waals surface area contributed by atoms with Gasteiger partial charge in [-0.05, 0) is 25.1 Å². The van der Waals surface area contributed by atoms with Crippen molar-refractivity contribution in [2.24, 2.45) is 0 Å². The lowest BCUT2D eigenvalue weighted by Gasteiger charge is -2.02. The van der Waals surface area contributed by atoms with Gasteiger partial charge < -0.3 is 4.74 Å². The van der Waals surface area contributed by atoms with E-state index in [1.165, 1.54) is 23.9 Å². The lowest BCUT2D eigenvalue weighted by molar-refractivity contribution is -0.144. The largest absolute Gasteiger partial charge is 0.466 e. The summed E-state index contributed by atoms with van der Waals surface area (Å²) in [5, 5.41) is 0. The Balaban J connectivity index is 2.27. The molecular formula is C13H15FO3S. The average molecular weight is 270 g/mol. The van der Waals surface area contributed by atoms with Crippen molar-refractivity contribution in [3.05, 3.63) is 30.1 Å². The molecule has 0 spiro atoms. The van der Waals surface area contributed by atoms with E-state index in [0.29, 0.717) is 11.5 Å². The fourth-order valence-corrected chi connectivity index (χ4v) is 2.11. The lowest BCUT2D eigenvalue weighted by atomic mass is 10.2. The zero-order valence-electron chi connectivity index (χ0n) is 10.1. The van der Waals surface area contributed by atoms with Crippen LogP contribution >= 0.6 is 11.8 Å². The van der Waals surface area contributed by atoms with Crippen molar-refractivity contribution < 1.29 is 18.7 Å². The molecule has 0 heterocycles. The van der Waals surface area contributed by atoms with Gasteiger partial charge in [0.25, 0.3) is 0 Å². The summed E-state index contributed by atoms with van der Waals surface area (Å²) in [6.07, 6.45) is 0.275. The maximum absolute atomic E-state index is 12.9. The minimum Gasteiger partial charge on any atom is -0.466 e. The zero-order valence-corrected chi connectivity index (χ0v) is 11.0. The van der Waals surface area contributed by atoms with Crippen LogP contribution in [0.3, 0.4) is 0 Å². The second kappa shape index (κ2) is 7.87. The van der Waals surface area contributed by atoms with E-state index in [9.17, 15) is 14.0 Å². The fraction of sp³-hybridized carbons (Fsp3) is 0.385. The highest BCUT2D eigenvalue weighted by Gasteiger charge is 2.08. The van der Waals surface area contributed by atoms with Gasteiger partial charge in [0.05, 0.1) is 18.8 Å². The molecule has 0 fully saturated rings. The van der Waals surface area contributed by atoms with Crippen LogP contribution in [0.4, 0.5) is 4.39 Å². The van der Waals surface area contributed by atoms with Crippen molar-refractivity contribution in [2.45, 2.75) is 24.7 Å². The molecule has 0 bridgehead atoms. The maximum atomic E-state index is 12.9. The third-order valence-corrected chi connectivity index (χ3v) is 3.16. The summed E-state index contributed by atoms with van der Waals surface area (Å²) in [5.74, 6) is -0.485. The number of halogens is 1. The minimum atomic E-state index is -0.360. The summed E-state index contributed by atoms with van der Waals surface area (Å²) in [6, 6.07) is 6.07. The Kier molecular flexibility index (Phi) is 6.43. The molecule has 0 atom stereocenters. The molecule has 18 heavy (non-hydrogen) atoms. The predicted octanol–water partition coefficient (Wildman–Crippen LogP) is 2.83. The number of ketones is 1. The zero-order chi connectivity index (χ0) is 13.4. The Morgan fingerprint density at radius 3 is 2.78 bits per heavy atom. The van der Waals surface area contributed by atoms with E-state index in [1.54, 1.807) is 19.1 Å². The number of benzene rings is 1. The molecule has 0 aliphatic carbocycles. The Hall–Kier alpha value is -1.36. The highest BCUT2D eigenvalue weighted by molar-refractivity contribution is 8.00. The molecule has 98 valence electrons. The number of carbonyl (C=O) groups excluding carboxylic acids is 2. The third-order valence-electron chi connectivity index (χ3n) is 2.11. The summed E-state index contributed by atoms with van der Waals surface area (Å²) in [6.45, 7) is 2.05. The van der Waals surface area contributed by atoms with Crippen molar-refractivity contribution in [1.82, 2.24) is 0 Å². The topological polar surface area (TPSA) is 43.4 Å². The second-order valence-corrected chi connectivity index (χ2v) is 4.64. The molecule has 0 unspecified atom stereocenters. The van der Waals surface area contributed by atoms with Crippen molar-refractivity contribution in [3.63, 3.8) is 0 Å². The first-order valence-corrected chi connectivity index (χ1v) is 6.66. The van der Waals surface area contributed by atoms with Crippen molar-refractivity contribution in [3.8, 4) is 0 Å². The quantitative estimate of drug-likeness (QED) is 0.564. The van der Waals surface area contributed by atoms with E-state index in [1.807, 2.05) is 0 Å². The Labute approximate surface area is 110 Å². The summed E-state index contributed by atoms with van der Waals surface area (Å²) in [7, 11) is 0. The lowest BCUT2D eigenvalue weighted by Crippen LogP contribution is -2.09. The number of esters is 1. The Morgan fingerprint density at radius 2 is 2.11 bits per heavy atom. The highest BCUT2D eigenvalue weighted by Crippen LogP contribution is 2.19. The highest BCUT2D eigenvalue weighted by atomic mass is 32.2. The summed E-state index contributed by atoms with van der Waals surface area (Å²) >= 11 is 1.27. The second-order valence-electron chi connectivity index (χ2n) is 3.59. The Bertz CT molecular complexity index is 420. The van der Waals surface area contributed by atoms with Gasteiger partial charge in [0.2, 0.25) is 0 Å². The SMILES string of the molecule is CCOC(=O)CCC(=O)CSc1cccc(F)c1. The van der Waals surface area contributed by atoms with Crippen LogP contribution in [0.1, 0.15) is 19.8 Å². The van der Waals surface area contributed by atoms with Crippen molar-refractivity contribution in [1.29, 1.82) is 0 Å². The van der Waals surface area contributed by atoms with Gasteiger partial charge in [-0.15, -0.1) is 11.8 Å². The van der Waals surface area contributed by atoms with E-state index in [0.717, 1.165) is 0 Å². The average Bonchev–Trinajstić information content (AvgIpc) is 2.34. The summed E-state index contributed by atoms with van der Waals surface area (Å²) < 4.78 is 17.6. The molecule has 0 radical (unpaired) electrons. The number of hydrogen-bond donors (Lipinski definition) is 0. The predicted molar refractivity (Wildman–Crippen MR) is 68.0 cm³/mol. The van der Waals surface area contributed by atoms with Gasteiger partial charge in [-0.2, -0.15) is 0 Å². The Morgan fingerprint density at radius 1 is 1.33 bits per heavy atom. The number of carbonyl (C=O) groups is 2. The van der Waals surface area contributed by atoms with Crippen LogP contribution in [0.5, 0.6) is 0 Å². The summed E-state index contributed by atoms with van der Waals surface area (Å²) in [5.41, 5.74) is 0. The number of rotatable bonds is 7. The van der Waals surface area contributed by atoms with E-state index >= 15 is 0 Å². The monoisotopic (exact) mass is 270 g/mol. The standard InChI is InChI=1S/C13H15FO3S/c1-2-17-13(16)7-6-11(15)9-18-12-5-3-4-10(14)8-12/h3-5,8H,2,6-7,9H2,1H3. The van der Waals surface area contributed by atoms with Crippen LogP contribution < -0.4 is 0 Å². The van der Waals surface area contributed by atoms with Crippen LogP contribution in [0.15, 0.2) is 29.2 Å². The van der Waals surface area contributed by atoms with Gasteiger partial charge in [0.1, 0.15) is 11.6 Å². The van der Waals surface area contributed by atoms with Gasteiger partial charge in [-0.1, -0.05) is 6.07 Å². The molecule has 0 aliphatic rings. The normalized spacial score (nSPS) is 10.1. The molecule has 0 aliphatic heterocycles. The van der Waals surface area contributed by atoms with Crippen molar-refractivity contribution >= 4 is 23.5 Å². The molecule has 0 aromatic heterocycles. The molecule has 0 amide bonds. The molecule has 0 saturated heterocycles. The van der Waals surface area contributed by atoms with E-state index < -0.39 is 0 Å². The molecule has 1 aromatic carbocycles. The van der Waals surface area contributed by atoms with Gasteiger partial charge in [-0.3, -0.25) is 9.59 Å². The van der Waals surface area contributed by atoms with Gasteiger partial charge in [-0.25, -0.2) is 4.39 Å². The molecule has 1 aromatic rings.